The first-order valence-electron chi connectivity index (χ1n) is 3.66. The molecule has 1 atom stereocenters. The molecule has 0 radical (unpaired) electrons. The number of nitrogens with two attached hydrogens (primary N) is 1. The topological polar surface area (TPSA) is 48.1 Å². The minimum Gasteiger partial charge on any atom is -0.481 e. The van der Waals surface area contributed by atoms with Crippen LogP contribution in [0.1, 0.15) is 11.6 Å². The number of nitrogens with zero attached hydrogens (tertiary/aromatic N) is 1. The van der Waals surface area contributed by atoms with Crippen LogP contribution in [0.3, 0.4) is 0 Å². The predicted octanol–water partition coefficient (Wildman–Crippen LogP) is 1.70. The van der Waals surface area contributed by atoms with Crippen molar-refractivity contribution in [3.8, 4) is 5.88 Å². The van der Waals surface area contributed by atoms with Crippen LogP contribution >= 0.6 is 12.4 Å². The maximum absolute atomic E-state index is 5.69. The van der Waals surface area contributed by atoms with E-state index in [9.17, 15) is 0 Å². The highest BCUT2D eigenvalue weighted by atomic mass is 35.5. The van der Waals surface area contributed by atoms with Gasteiger partial charge in [-0.1, -0.05) is 12.1 Å². The van der Waals surface area contributed by atoms with Crippen molar-refractivity contribution in [3.63, 3.8) is 0 Å². The molecule has 0 fully saturated rings. The summed E-state index contributed by atoms with van der Waals surface area (Å²) in [5.41, 5.74) is 6.62. The molecule has 2 N–H and O–H groups in total. The van der Waals surface area contributed by atoms with Crippen molar-refractivity contribution in [2.24, 2.45) is 5.73 Å². The van der Waals surface area contributed by atoms with Crippen LogP contribution in [0.5, 0.6) is 5.88 Å². The molecule has 0 aliphatic carbocycles. The minimum atomic E-state index is -0.150. The van der Waals surface area contributed by atoms with Crippen LogP contribution in [0.4, 0.5) is 0 Å². The molecule has 72 valence electrons. The monoisotopic (exact) mass is 200 g/mol. The zero-order chi connectivity index (χ0) is 8.97. The van der Waals surface area contributed by atoms with E-state index in [4.69, 9.17) is 10.5 Å². The molecule has 1 aromatic rings. The molecule has 4 heteroatoms. The number of ether oxygens (including phenoxy) is 1. The molecule has 0 spiro atoms. The van der Waals surface area contributed by atoms with Crippen LogP contribution in [-0.4, -0.2) is 12.1 Å². The fraction of sp³-hybridized carbons (Fsp3) is 0.222. The van der Waals surface area contributed by atoms with E-state index in [0.717, 1.165) is 5.56 Å². The smallest absolute Gasteiger partial charge is 0.212 e. The number of rotatable bonds is 3. The van der Waals surface area contributed by atoms with Gasteiger partial charge in [-0.25, -0.2) is 4.98 Å². The number of hydrogen-bond donors (Lipinski definition) is 1. The number of halogens is 1. The fourth-order valence-electron chi connectivity index (χ4n) is 0.846. The van der Waals surface area contributed by atoms with E-state index in [1.54, 1.807) is 25.4 Å². The minimum absolute atomic E-state index is 0. The first kappa shape index (κ1) is 11.9. The van der Waals surface area contributed by atoms with Crippen LogP contribution < -0.4 is 10.5 Å². The Kier molecular flexibility index (Phi) is 5.11. The number of hydrogen-bond acceptors (Lipinski definition) is 3. The summed E-state index contributed by atoms with van der Waals surface area (Å²) in [6.07, 6.45) is 3.36. The van der Waals surface area contributed by atoms with Crippen LogP contribution in [-0.2, 0) is 0 Å². The first-order valence-corrected chi connectivity index (χ1v) is 3.66. The first-order chi connectivity index (χ1) is 5.77. The van der Waals surface area contributed by atoms with E-state index in [-0.39, 0.29) is 18.4 Å². The van der Waals surface area contributed by atoms with Crippen molar-refractivity contribution < 1.29 is 4.74 Å². The van der Waals surface area contributed by atoms with Crippen molar-refractivity contribution in [2.45, 2.75) is 6.04 Å². The zero-order valence-corrected chi connectivity index (χ0v) is 8.25. The van der Waals surface area contributed by atoms with E-state index in [0.29, 0.717) is 5.88 Å². The summed E-state index contributed by atoms with van der Waals surface area (Å²) >= 11 is 0. The Morgan fingerprint density at radius 3 is 2.69 bits per heavy atom. The second-order valence-electron chi connectivity index (χ2n) is 2.40. The molecule has 0 aliphatic heterocycles. The van der Waals surface area contributed by atoms with Gasteiger partial charge in [0.05, 0.1) is 7.11 Å². The average molecular weight is 201 g/mol. The molecular formula is C9H13ClN2O. The van der Waals surface area contributed by atoms with Crippen molar-refractivity contribution in [1.82, 2.24) is 4.98 Å². The Morgan fingerprint density at radius 2 is 2.31 bits per heavy atom. The van der Waals surface area contributed by atoms with Crippen LogP contribution in [0.25, 0.3) is 0 Å². The summed E-state index contributed by atoms with van der Waals surface area (Å²) in [4.78, 5) is 4.02. The predicted molar refractivity (Wildman–Crippen MR) is 55.2 cm³/mol. The van der Waals surface area contributed by atoms with E-state index in [2.05, 4.69) is 11.6 Å². The van der Waals surface area contributed by atoms with Gasteiger partial charge in [0, 0.05) is 18.3 Å². The summed E-state index contributed by atoms with van der Waals surface area (Å²) in [6, 6.07) is 3.50. The van der Waals surface area contributed by atoms with Gasteiger partial charge in [0.25, 0.3) is 0 Å². The lowest BCUT2D eigenvalue weighted by molar-refractivity contribution is 0.397. The van der Waals surface area contributed by atoms with Gasteiger partial charge in [-0.2, -0.15) is 0 Å². The number of pyridine rings is 1. The molecule has 3 nitrogen and oxygen atoms in total. The van der Waals surface area contributed by atoms with Gasteiger partial charge in [-0.05, 0) is 5.56 Å². The third kappa shape index (κ3) is 3.05. The van der Waals surface area contributed by atoms with Gasteiger partial charge in [-0.3, -0.25) is 0 Å². The largest absolute Gasteiger partial charge is 0.481 e. The normalized spacial score (nSPS) is 11.2. The van der Waals surface area contributed by atoms with Gasteiger partial charge in [0.1, 0.15) is 0 Å². The molecule has 13 heavy (non-hydrogen) atoms. The summed E-state index contributed by atoms with van der Waals surface area (Å²) in [7, 11) is 1.58. The second kappa shape index (κ2) is 5.56. The zero-order valence-electron chi connectivity index (χ0n) is 7.43. The molecule has 0 saturated heterocycles. The maximum atomic E-state index is 5.69. The Morgan fingerprint density at radius 1 is 1.62 bits per heavy atom. The molecule has 0 aliphatic rings. The average Bonchev–Trinajstić information content (AvgIpc) is 2.17. The Balaban J connectivity index is 0.00000144. The summed E-state index contributed by atoms with van der Waals surface area (Å²) < 4.78 is 4.90. The van der Waals surface area contributed by atoms with Gasteiger partial charge in [-0.15, -0.1) is 19.0 Å². The molecule has 0 unspecified atom stereocenters. The molecule has 0 bridgehead atoms. The lowest BCUT2D eigenvalue weighted by atomic mass is 10.1. The lowest BCUT2D eigenvalue weighted by Gasteiger charge is -2.05. The Labute approximate surface area is 84.0 Å². The summed E-state index contributed by atoms with van der Waals surface area (Å²) in [5.74, 6) is 0.593. The van der Waals surface area contributed by atoms with Gasteiger partial charge in [0.2, 0.25) is 5.88 Å². The highest BCUT2D eigenvalue weighted by molar-refractivity contribution is 5.85. The SMILES string of the molecule is C=C[C@@H](N)c1ccc(OC)nc1.Cl. The molecule has 1 heterocycles. The summed E-state index contributed by atoms with van der Waals surface area (Å²) in [6.45, 7) is 3.60. The lowest BCUT2D eigenvalue weighted by Crippen LogP contribution is -2.06. The van der Waals surface area contributed by atoms with Crippen molar-refractivity contribution in [2.75, 3.05) is 7.11 Å². The summed E-state index contributed by atoms with van der Waals surface area (Å²) in [5, 5.41) is 0. The molecule has 0 amide bonds. The van der Waals surface area contributed by atoms with Gasteiger partial charge < -0.3 is 10.5 Å². The maximum Gasteiger partial charge on any atom is 0.212 e. The fourth-order valence-corrected chi connectivity index (χ4v) is 0.846. The van der Waals surface area contributed by atoms with Crippen LogP contribution in [0.2, 0.25) is 0 Å². The quantitative estimate of drug-likeness (QED) is 0.756. The van der Waals surface area contributed by atoms with E-state index >= 15 is 0 Å². The molecular weight excluding hydrogens is 188 g/mol. The highest BCUT2D eigenvalue weighted by Gasteiger charge is 2.00. The Hall–Kier alpha value is -1.06. The molecule has 1 aromatic heterocycles. The highest BCUT2D eigenvalue weighted by Crippen LogP contribution is 2.12. The second-order valence-corrected chi connectivity index (χ2v) is 2.40. The van der Waals surface area contributed by atoms with E-state index in [1.165, 1.54) is 0 Å². The molecule has 0 aromatic carbocycles. The van der Waals surface area contributed by atoms with Gasteiger partial charge >= 0.3 is 0 Å². The number of aromatic nitrogens is 1. The van der Waals surface area contributed by atoms with Gasteiger partial charge in [0.15, 0.2) is 0 Å². The standard InChI is InChI=1S/C9H12N2O.ClH/c1-3-8(10)7-4-5-9(12-2)11-6-7;/h3-6,8H,1,10H2,2H3;1H/t8-;/m1./s1. The Bertz CT molecular complexity index is 261. The molecule has 1 rings (SSSR count). The van der Waals surface area contributed by atoms with E-state index < -0.39 is 0 Å². The van der Waals surface area contributed by atoms with Crippen molar-refractivity contribution in [3.05, 3.63) is 36.5 Å². The van der Waals surface area contributed by atoms with Crippen LogP contribution in [0.15, 0.2) is 31.0 Å². The third-order valence-electron chi connectivity index (χ3n) is 1.61. The van der Waals surface area contributed by atoms with Crippen LogP contribution in [0, 0.1) is 0 Å². The van der Waals surface area contributed by atoms with Crippen molar-refractivity contribution in [1.29, 1.82) is 0 Å². The van der Waals surface area contributed by atoms with E-state index in [1.807, 2.05) is 6.07 Å². The number of methoxy groups -OCH3 is 1. The third-order valence-corrected chi connectivity index (χ3v) is 1.61. The van der Waals surface area contributed by atoms with Crippen molar-refractivity contribution >= 4 is 12.4 Å². The molecule has 0 saturated carbocycles.